The number of aryl methyl sites for hydroxylation is 1. The monoisotopic (exact) mass is 608 g/mol. The van der Waals surface area contributed by atoms with E-state index in [0.29, 0.717) is 58.1 Å². The molecule has 0 radical (unpaired) electrons. The standard InChI is InChI=1S/C31H30F2N4O3S2/c1-4-25-30(37-15-20(7-12-28(37)34-25)23-13-14-36(16-27(23)38)42(3,39)40)24-11-10-22(18(2)29(24)33)31-35-26(17-41-31)19-5-8-21(32)9-6-19/h5-12,15,17,23,27,38H,4,13-14,16H2,1-3H3. The Morgan fingerprint density at radius 3 is 2.48 bits per heavy atom. The number of rotatable bonds is 6. The lowest BCUT2D eigenvalue weighted by atomic mass is 9.89. The number of benzene rings is 2. The van der Waals surface area contributed by atoms with Gasteiger partial charge in [0.05, 0.1) is 29.4 Å². The van der Waals surface area contributed by atoms with Gasteiger partial charge < -0.3 is 5.11 Å². The predicted octanol–water partition coefficient (Wildman–Crippen LogP) is 6.05. The molecule has 5 aromatic rings. The van der Waals surface area contributed by atoms with Crippen LogP contribution in [0.25, 0.3) is 38.7 Å². The molecule has 6 rings (SSSR count). The molecule has 1 fully saturated rings. The van der Waals surface area contributed by atoms with Crippen LogP contribution in [0.15, 0.2) is 60.1 Å². The maximum atomic E-state index is 16.2. The fourth-order valence-corrected chi connectivity index (χ4v) is 7.48. The van der Waals surface area contributed by atoms with Gasteiger partial charge in [0.2, 0.25) is 10.0 Å². The first-order valence-electron chi connectivity index (χ1n) is 13.7. The topological polar surface area (TPSA) is 87.8 Å². The van der Waals surface area contributed by atoms with E-state index in [1.165, 1.54) is 27.8 Å². The van der Waals surface area contributed by atoms with Crippen molar-refractivity contribution in [2.75, 3.05) is 19.3 Å². The van der Waals surface area contributed by atoms with E-state index in [1.807, 2.05) is 41.1 Å². The minimum Gasteiger partial charge on any atom is -0.391 e. The highest BCUT2D eigenvalue weighted by atomic mass is 32.2. The van der Waals surface area contributed by atoms with Crippen LogP contribution in [0.4, 0.5) is 8.78 Å². The normalized spacial score (nSPS) is 18.1. The first kappa shape index (κ1) is 28.6. The van der Waals surface area contributed by atoms with Crippen LogP contribution in [-0.4, -0.2) is 57.6 Å². The predicted molar refractivity (Wildman–Crippen MR) is 161 cm³/mol. The van der Waals surface area contributed by atoms with Crippen LogP contribution in [0.3, 0.4) is 0 Å². The Morgan fingerprint density at radius 1 is 1.05 bits per heavy atom. The van der Waals surface area contributed by atoms with E-state index < -0.39 is 16.1 Å². The summed E-state index contributed by atoms with van der Waals surface area (Å²) < 4.78 is 56.7. The van der Waals surface area contributed by atoms with Gasteiger partial charge >= 0.3 is 0 Å². The van der Waals surface area contributed by atoms with Crippen molar-refractivity contribution in [2.45, 2.75) is 38.7 Å². The zero-order valence-electron chi connectivity index (χ0n) is 23.4. The molecule has 0 aliphatic carbocycles. The Kier molecular flexibility index (Phi) is 7.46. The van der Waals surface area contributed by atoms with Gasteiger partial charge in [-0.2, -0.15) is 4.31 Å². The third kappa shape index (κ3) is 5.15. The van der Waals surface area contributed by atoms with Crippen molar-refractivity contribution in [3.8, 4) is 33.1 Å². The van der Waals surface area contributed by atoms with Gasteiger partial charge in [-0.3, -0.25) is 4.40 Å². The molecule has 4 heterocycles. The molecule has 1 aliphatic rings. The van der Waals surface area contributed by atoms with Crippen LogP contribution < -0.4 is 0 Å². The number of aliphatic hydroxyl groups is 1. The van der Waals surface area contributed by atoms with E-state index in [1.54, 1.807) is 25.1 Å². The SMILES string of the molecule is CCc1nc2ccc(C3CCN(S(C)(=O)=O)CC3O)cn2c1-c1ccc(-c2nc(-c3ccc(F)cc3)cs2)c(C)c1F. The molecule has 3 aromatic heterocycles. The summed E-state index contributed by atoms with van der Waals surface area (Å²) in [7, 11) is -3.39. The molecule has 2 aromatic carbocycles. The average molecular weight is 609 g/mol. The molecule has 1 saturated heterocycles. The third-order valence-electron chi connectivity index (χ3n) is 8.01. The molecule has 0 amide bonds. The first-order chi connectivity index (χ1) is 20.0. The summed E-state index contributed by atoms with van der Waals surface area (Å²) in [6, 6.07) is 13.5. The molecule has 2 unspecified atom stereocenters. The average Bonchev–Trinajstić information content (AvgIpc) is 3.59. The number of hydrogen-bond acceptors (Lipinski definition) is 6. The van der Waals surface area contributed by atoms with Gasteiger partial charge in [0.15, 0.2) is 0 Å². The van der Waals surface area contributed by atoms with Gasteiger partial charge in [-0.05, 0) is 67.3 Å². The molecule has 218 valence electrons. The maximum absolute atomic E-state index is 16.2. The molecule has 2 atom stereocenters. The van der Waals surface area contributed by atoms with E-state index in [-0.39, 0.29) is 24.1 Å². The summed E-state index contributed by atoms with van der Waals surface area (Å²) in [5.41, 5.74) is 5.95. The summed E-state index contributed by atoms with van der Waals surface area (Å²) in [5, 5.41) is 13.4. The number of piperidine rings is 1. The quantitative estimate of drug-likeness (QED) is 0.254. The highest BCUT2D eigenvalue weighted by Gasteiger charge is 2.33. The van der Waals surface area contributed by atoms with Crippen LogP contribution in [0, 0.1) is 18.6 Å². The van der Waals surface area contributed by atoms with Crippen LogP contribution in [0.2, 0.25) is 0 Å². The minimum absolute atomic E-state index is 0.0352. The van der Waals surface area contributed by atoms with E-state index in [0.717, 1.165) is 23.1 Å². The first-order valence-corrected chi connectivity index (χ1v) is 16.4. The van der Waals surface area contributed by atoms with Gasteiger partial charge in [-0.15, -0.1) is 11.3 Å². The van der Waals surface area contributed by atoms with Crippen LogP contribution in [-0.2, 0) is 16.4 Å². The second-order valence-corrected chi connectivity index (χ2v) is 13.5. The Hall–Kier alpha value is -3.51. The van der Waals surface area contributed by atoms with E-state index >= 15 is 4.39 Å². The smallest absolute Gasteiger partial charge is 0.211 e. The third-order valence-corrected chi connectivity index (χ3v) is 10.2. The molecule has 0 saturated carbocycles. The minimum atomic E-state index is -3.39. The lowest BCUT2D eigenvalue weighted by molar-refractivity contribution is 0.0856. The molecule has 1 N–H and O–H groups in total. The van der Waals surface area contributed by atoms with Crippen molar-refractivity contribution in [3.63, 3.8) is 0 Å². The number of sulfonamides is 1. The molecular weight excluding hydrogens is 578 g/mol. The van der Waals surface area contributed by atoms with Crippen molar-refractivity contribution in [1.82, 2.24) is 18.7 Å². The van der Waals surface area contributed by atoms with Crippen molar-refractivity contribution in [1.29, 1.82) is 0 Å². The zero-order valence-corrected chi connectivity index (χ0v) is 25.0. The van der Waals surface area contributed by atoms with E-state index in [4.69, 9.17) is 9.97 Å². The van der Waals surface area contributed by atoms with Crippen LogP contribution in [0.5, 0.6) is 0 Å². The highest BCUT2D eigenvalue weighted by molar-refractivity contribution is 7.88. The maximum Gasteiger partial charge on any atom is 0.211 e. The Balaban J connectivity index is 1.37. The number of aromatic nitrogens is 3. The number of nitrogens with zero attached hydrogens (tertiary/aromatic N) is 4. The zero-order chi connectivity index (χ0) is 29.8. The number of imidazole rings is 1. The summed E-state index contributed by atoms with van der Waals surface area (Å²) in [5.74, 6) is -0.946. The molecule has 0 spiro atoms. The lowest BCUT2D eigenvalue weighted by Crippen LogP contribution is -2.45. The summed E-state index contributed by atoms with van der Waals surface area (Å²) >= 11 is 1.40. The van der Waals surface area contributed by atoms with E-state index in [9.17, 15) is 17.9 Å². The van der Waals surface area contributed by atoms with Crippen molar-refractivity contribution >= 4 is 27.0 Å². The summed E-state index contributed by atoms with van der Waals surface area (Å²) in [6.45, 7) is 4.07. The summed E-state index contributed by atoms with van der Waals surface area (Å²) in [6.07, 6.45) is 3.24. The largest absolute Gasteiger partial charge is 0.391 e. The molecule has 42 heavy (non-hydrogen) atoms. The second-order valence-electron chi connectivity index (χ2n) is 10.7. The van der Waals surface area contributed by atoms with Crippen molar-refractivity contribution < 1.29 is 22.3 Å². The lowest BCUT2D eigenvalue weighted by Gasteiger charge is -2.34. The number of β-amino-alcohol motifs (C(OH)–C–C–N with tert-alkyl or cyclic N) is 1. The molecule has 0 bridgehead atoms. The second kappa shape index (κ2) is 11.0. The number of hydrogen-bond donors (Lipinski definition) is 1. The fourth-order valence-electron chi connectivity index (χ4n) is 5.70. The highest BCUT2D eigenvalue weighted by Crippen LogP contribution is 2.38. The number of halogens is 2. The fraction of sp³-hybridized carbons (Fsp3) is 0.290. The van der Waals surface area contributed by atoms with Gasteiger partial charge in [0.25, 0.3) is 0 Å². The Labute approximate surface area is 247 Å². The van der Waals surface area contributed by atoms with Gasteiger partial charge in [0.1, 0.15) is 22.3 Å². The Morgan fingerprint density at radius 2 is 1.79 bits per heavy atom. The Bertz CT molecular complexity index is 1900. The van der Waals surface area contributed by atoms with Crippen molar-refractivity contribution in [3.05, 3.63) is 88.6 Å². The number of pyridine rings is 1. The molecule has 11 heteroatoms. The van der Waals surface area contributed by atoms with Gasteiger partial charge in [-0.25, -0.2) is 27.2 Å². The van der Waals surface area contributed by atoms with Crippen LogP contribution >= 0.6 is 11.3 Å². The number of thiazole rings is 1. The van der Waals surface area contributed by atoms with Crippen molar-refractivity contribution in [2.24, 2.45) is 0 Å². The summed E-state index contributed by atoms with van der Waals surface area (Å²) in [4.78, 5) is 9.46. The molecule has 7 nitrogen and oxygen atoms in total. The molecular formula is C31H30F2N4O3S2. The van der Waals surface area contributed by atoms with Crippen LogP contribution in [0.1, 0.15) is 36.1 Å². The number of aliphatic hydroxyl groups excluding tert-OH is 1. The van der Waals surface area contributed by atoms with Gasteiger partial charge in [-0.1, -0.05) is 19.1 Å². The number of fused-ring (bicyclic) bond motifs is 1. The molecule has 1 aliphatic heterocycles. The van der Waals surface area contributed by atoms with Gasteiger partial charge in [0, 0.05) is 47.3 Å². The van der Waals surface area contributed by atoms with E-state index in [2.05, 4.69) is 0 Å².